The molecule has 0 unspecified atom stereocenters. The number of piperidine rings is 1. The molecule has 1 aliphatic heterocycles. The predicted octanol–water partition coefficient (Wildman–Crippen LogP) is 2.50. The van der Waals surface area contributed by atoms with Crippen molar-refractivity contribution in [2.75, 3.05) is 40.8 Å². The number of nitrogens with zero attached hydrogens (tertiary/aromatic N) is 3. The zero-order chi connectivity index (χ0) is 20.6. The van der Waals surface area contributed by atoms with Gasteiger partial charge < -0.3 is 20.4 Å². The van der Waals surface area contributed by atoms with E-state index in [1.54, 1.807) is 19.0 Å². The molecule has 2 N–H and O–H groups in total. The molecule has 1 saturated carbocycles. The largest absolute Gasteiger partial charge is 0.356 e. The Balaban J connectivity index is 1.41. The molecular formula is C23H37N5O. The molecule has 1 aromatic rings. The Morgan fingerprint density at radius 3 is 2.55 bits per heavy atom. The Morgan fingerprint density at radius 1 is 1.17 bits per heavy atom. The van der Waals surface area contributed by atoms with Gasteiger partial charge in [-0.3, -0.25) is 9.79 Å². The summed E-state index contributed by atoms with van der Waals surface area (Å²) in [5, 5.41) is 7.03. The van der Waals surface area contributed by atoms with Crippen LogP contribution in [0.3, 0.4) is 0 Å². The lowest BCUT2D eigenvalue weighted by Gasteiger charge is -2.36. The van der Waals surface area contributed by atoms with Crippen LogP contribution in [0.5, 0.6) is 0 Å². The lowest BCUT2D eigenvalue weighted by atomic mass is 10.0. The van der Waals surface area contributed by atoms with Crippen molar-refractivity contribution in [3.8, 4) is 0 Å². The minimum absolute atomic E-state index is 0.0428. The minimum atomic E-state index is 0.0428. The maximum Gasteiger partial charge on any atom is 0.253 e. The van der Waals surface area contributed by atoms with E-state index < -0.39 is 0 Å². The molecule has 2 aliphatic rings. The van der Waals surface area contributed by atoms with Gasteiger partial charge >= 0.3 is 0 Å². The van der Waals surface area contributed by atoms with Crippen LogP contribution in [0, 0.1) is 0 Å². The van der Waals surface area contributed by atoms with E-state index in [0.29, 0.717) is 6.04 Å². The van der Waals surface area contributed by atoms with Gasteiger partial charge in [-0.25, -0.2) is 0 Å². The summed E-state index contributed by atoms with van der Waals surface area (Å²) in [6.45, 7) is 3.19. The average Bonchev–Trinajstić information content (AvgIpc) is 3.28. The molecule has 3 rings (SSSR count). The fourth-order valence-corrected chi connectivity index (χ4v) is 4.51. The van der Waals surface area contributed by atoms with E-state index >= 15 is 0 Å². The molecule has 0 spiro atoms. The summed E-state index contributed by atoms with van der Waals surface area (Å²) in [4.78, 5) is 20.8. The molecule has 6 nitrogen and oxygen atoms in total. The summed E-state index contributed by atoms with van der Waals surface area (Å²) in [6.07, 6.45) is 8.83. The summed E-state index contributed by atoms with van der Waals surface area (Å²) >= 11 is 0. The molecule has 1 aromatic carbocycles. The molecule has 0 bridgehead atoms. The zero-order valence-electron chi connectivity index (χ0n) is 18.3. The number of guanidine groups is 1. The normalized spacial score (nSPS) is 19.3. The van der Waals surface area contributed by atoms with Gasteiger partial charge in [-0.2, -0.15) is 0 Å². The number of nitrogens with one attached hydrogen (secondary N) is 2. The van der Waals surface area contributed by atoms with Gasteiger partial charge in [0.15, 0.2) is 5.96 Å². The summed E-state index contributed by atoms with van der Waals surface area (Å²) in [5.41, 5.74) is 1.90. The average molecular weight is 400 g/mol. The van der Waals surface area contributed by atoms with Crippen molar-refractivity contribution in [1.82, 2.24) is 20.4 Å². The molecule has 0 radical (unpaired) electrons. The lowest BCUT2D eigenvalue weighted by molar-refractivity contribution is 0.0827. The highest BCUT2D eigenvalue weighted by Crippen LogP contribution is 2.26. The highest BCUT2D eigenvalue weighted by atomic mass is 16.2. The molecule has 2 fully saturated rings. The monoisotopic (exact) mass is 399 g/mol. The number of aliphatic imine (C=N–C) groups is 1. The topological polar surface area (TPSA) is 60.0 Å². The first kappa shape index (κ1) is 21.6. The molecule has 1 heterocycles. The lowest BCUT2D eigenvalue weighted by Crippen LogP contribution is -2.50. The van der Waals surface area contributed by atoms with Gasteiger partial charge in [0, 0.05) is 58.4 Å². The van der Waals surface area contributed by atoms with Crippen LogP contribution in [0.25, 0.3) is 0 Å². The Kier molecular flexibility index (Phi) is 7.92. The van der Waals surface area contributed by atoms with Crippen LogP contribution in [0.4, 0.5) is 0 Å². The van der Waals surface area contributed by atoms with Crippen LogP contribution in [0.1, 0.15) is 54.4 Å². The van der Waals surface area contributed by atoms with Crippen LogP contribution in [-0.2, 0) is 6.42 Å². The van der Waals surface area contributed by atoms with Crippen molar-refractivity contribution in [3.63, 3.8) is 0 Å². The quantitative estimate of drug-likeness (QED) is 0.570. The number of benzene rings is 1. The third-order valence-corrected chi connectivity index (χ3v) is 6.22. The maximum absolute atomic E-state index is 12.1. The second-order valence-corrected chi connectivity index (χ2v) is 8.54. The Morgan fingerprint density at radius 2 is 1.90 bits per heavy atom. The SMILES string of the molecule is CN=C(NCCc1cccc(C(=O)N(C)C)c1)NC1CCN(C2CCCC2)CC1. The molecule has 1 aliphatic carbocycles. The summed E-state index contributed by atoms with van der Waals surface area (Å²) in [6, 6.07) is 9.22. The van der Waals surface area contributed by atoms with Crippen molar-refractivity contribution in [2.24, 2.45) is 4.99 Å². The van der Waals surface area contributed by atoms with Crippen molar-refractivity contribution in [1.29, 1.82) is 0 Å². The van der Waals surface area contributed by atoms with Gasteiger partial charge in [0.05, 0.1) is 0 Å². The van der Waals surface area contributed by atoms with Gasteiger partial charge in [-0.1, -0.05) is 25.0 Å². The molecule has 160 valence electrons. The second-order valence-electron chi connectivity index (χ2n) is 8.54. The van der Waals surface area contributed by atoms with Crippen molar-refractivity contribution < 1.29 is 4.79 Å². The summed E-state index contributed by atoms with van der Waals surface area (Å²) in [7, 11) is 5.40. The van der Waals surface area contributed by atoms with Gasteiger partial charge in [-0.05, 0) is 49.8 Å². The number of carbonyl (C=O) groups is 1. The number of hydrogen-bond donors (Lipinski definition) is 2. The Bertz CT molecular complexity index is 688. The van der Waals surface area contributed by atoms with Gasteiger partial charge in [0.2, 0.25) is 0 Å². The second kappa shape index (κ2) is 10.6. The maximum atomic E-state index is 12.1. The van der Waals surface area contributed by atoms with Gasteiger partial charge in [-0.15, -0.1) is 0 Å². The Labute approximate surface area is 175 Å². The number of amides is 1. The van der Waals surface area contributed by atoms with E-state index in [2.05, 4.69) is 26.6 Å². The number of likely N-dealkylation sites (tertiary alicyclic amines) is 1. The van der Waals surface area contributed by atoms with E-state index in [9.17, 15) is 4.79 Å². The van der Waals surface area contributed by atoms with Gasteiger partial charge in [0.1, 0.15) is 0 Å². The van der Waals surface area contributed by atoms with Crippen molar-refractivity contribution in [3.05, 3.63) is 35.4 Å². The van der Waals surface area contributed by atoms with E-state index in [1.165, 1.54) is 51.6 Å². The summed E-state index contributed by atoms with van der Waals surface area (Å²) in [5.74, 6) is 0.922. The number of hydrogen-bond acceptors (Lipinski definition) is 3. The third kappa shape index (κ3) is 6.20. The van der Waals surface area contributed by atoms with Crippen molar-refractivity contribution >= 4 is 11.9 Å². The van der Waals surface area contributed by atoms with Crippen molar-refractivity contribution in [2.45, 2.75) is 57.0 Å². The molecule has 0 aromatic heterocycles. The van der Waals surface area contributed by atoms with E-state index in [1.807, 2.05) is 25.2 Å². The third-order valence-electron chi connectivity index (χ3n) is 6.22. The van der Waals surface area contributed by atoms with E-state index in [0.717, 1.165) is 36.1 Å². The summed E-state index contributed by atoms with van der Waals surface area (Å²) < 4.78 is 0. The zero-order valence-corrected chi connectivity index (χ0v) is 18.3. The van der Waals surface area contributed by atoms with Crippen LogP contribution in [0.15, 0.2) is 29.3 Å². The minimum Gasteiger partial charge on any atom is -0.356 e. The highest BCUT2D eigenvalue weighted by Gasteiger charge is 2.27. The fraction of sp³-hybridized carbons (Fsp3) is 0.652. The molecular weight excluding hydrogens is 362 g/mol. The Hall–Kier alpha value is -2.08. The first-order chi connectivity index (χ1) is 14.1. The predicted molar refractivity (Wildman–Crippen MR) is 120 cm³/mol. The molecule has 0 atom stereocenters. The van der Waals surface area contributed by atoms with Gasteiger partial charge in [0.25, 0.3) is 5.91 Å². The fourth-order valence-electron chi connectivity index (χ4n) is 4.51. The van der Waals surface area contributed by atoms with Crippen LogP contribution in [0.2, 0.25) is 0 Å². The highest BCUT2D eigenvalue weighted by molar-refractivity contribution is 5.94. The molecule has 29 heavy (non-hydrogen) atoms. The number of carbonyl (C=O) groups excluding carboxylic acids is 1. The van der Waals surface area contributed by atoms with Crippen LogP contribution in [-0.4, -0.2) is 74.5 Å². The molecule has 1 amide bonds. The standard InChI is InChI=1S/C23H37N5O/c1-24-23(26-20-12-15-28(16-13-20)21-9-4-5-10-21)25-14-11-18-7-6-8-19(17-18)22(29)27(2)3/h6-8,17,20-21H,4-5,9-16H2,1-3H3,(H2,24,25,26). The smallest absolute Gasteiger partial charge is 0.253 e. The first-order valence-corrected chi connectivity index (χ1v) is 11.1. The number of rotatable bonds is 6. The molecule has 1 saturated heterocycles. The van der Waals surface area contributed by atoms with Crippen LogP contribution >= 0.6 is 0 Å². The van der Waals surface area contributed by atoms with Crippen LogP contribution < -0.4 is 10.6 Å². The first-order valence-electron chi connectivity index (χ1n) is 11.1. The van der Waals surface area contributed by atoms with E-state index in [4.69, 9.17) is 0 Å². The van der Waals surface area contributed by atoms with E-state index in [-0.39, 0.29) is 5.91 Å². The molecule has 6 heteroatoms.